The number of sulfone groups is 1. The van der Waals surface area contributed by atoms with Crippen LogP contribution in [0.25, 0.3) is 6.08 Å². The lowest BCUT2D eigenvalue weighted by Crippen LogP contribution is -2.48. The molecule has 0 radical (unpaired) electrons. The second kappa shape index (κ2) is 7.12. The van der Waals surface area contributed by atoms with E-state index in [1.54, 1.807) is 13.0 Å². The average molecular weight is 355 g/mol. The van der Waals surface area contributed by atoms with Crippen molar-refractivity contribution in [2.24, 2.45) is 0 Å². The van der Waals surface area contributed by atoms with Crippen LogP contribution >= 0.6 is 0 Å². The number of benzene rings is 1. The zero-order valence-corrected chi connectivity index (χ0v) is 13.9. The van der Waals surface area contributed by atoms with E-state index < -0.39 is 39.7 Å². The van der Waals surface area contributed by atoms with E-state index >= 15 is 0 Å². The maximum absolute atomic E-state index is 13.0. The highest BCUT2D eigenvalue weighted by molar-refractivity contribution is 7.91. The van der Waals surface area contributed by atoms with Gasteiger partial charge < -0.3 is 10.1 Å². The average Bonchev–Trinajstić information content (AvgIpc) is 2.76. The monoisotopic (exact) mass is 355 g/mol. The summed E-state index contributed by atoms with van der Waals surface area (Å²) in [5.41, 5.74) is -0.347. The van der Waals surface area contributed by atoms with Crippen LogP contribution in [0.4, 0.5) is 4.39 Å². The first-order valence-corrected chi connectivity index (χ1v) is 9.11. The summed E-state index contributed by atoms with van der Waals surface area (Å²) >= 11 is 0. The Kier molecular flexibility index (Phi) is 5.38. The molecular weight excluding hydrogens is 337 g/mol. The highest BCUT2D eigenvalue weighted by Crippen LogP contribution is 2.22. The van der Waals surface area contributed by atoms with Gasteiger partial charge in [-0.2, -0.15) is 0 Å². The number of hydrogen-bond donors (Lipinski definition) is 1. The van der Waals surface area contributed by atoms with Crippen molar-refractivity contribution in [2.75, 3.05) is 18.1 Å². The lowest BCUT2D eigenvalue weighted by Gasteiger charge is -2.23. The maximum atomic E-state index is 13.0. The standard InChI is InChI=1S/C16H18FNO5S/c1-16(7-8-24(21,22)11-16)18-14(19)10-23-15(20)6-5-12-3-2-4-13(17)9-12/h2-6,9H,7-8,10-11H2,1H3,(H,18,19)/b6-5+/t16-/m0/s1. The van der Waals surface area contributed by atoms with Gasteiger partial charge in [-0.05, 0) is 37.1 Å². The largest absolute Gasteiger partial charge is 0.452 e. The van der Waals surface area contributed by atoms with Gasteiger partial charge in [0.25, 0.3) is 5.91 Å². The molecule has 24 heavy (non-hydrogen) atoms. The highest BCUT2D eigenvalue weighted by Gasteiger charge is 2.39. The van der Waals surface area contributed by atoms with Crippen molar-refractivity contribution in [3.63, 3.8) is 0 Å². The van der Waals surface area contributed by atoms with E-state index in [0.717, 1.165) is 6.08 Å². The third-order valence-electron chi connectivity index (χ3n) is 3.55. The second-order valence-electron chi connectivity index (χ2n) is 5.95. The Bertz CT molecular complexity index is 774. The number of carbonyl (C=O) groups is 2. The van der Waals surface area contributed by atoms with Crippen molar-refractivity contribution in [3.8, 4) is 0 Å². The Morgan fingerprint density at radius 3 is 2.79 bits per heavy atom. The molecule has 2 rings (SSSR count). The van der Waals surface area contributed by atoms with Gasteiger partial charge in [0.05, 0.1) is 17.0 Å². The van der Waals surface area contributed by atoms with Crippen molar-refractivity contribution in [1.82, 2.24) is 5.32 Å². The zero-order chi connectivity index (χ0) is 17.8. The first kappa shape index (κ1) is 18.1. The molecule has 0 spiro atoms. The number of carbonyl (C=O) groups excluding carboxylic acids is 2. The van der Waals surface area contributed by atoms with Crippen LogP contribution in [-0.2, 0) is 24.2 Å². The van der Waals surface area contributed by atoms with E-state index in [4.69, 9.17) is 4.74 Å². The van der Waals surface area contributed by atoms with Gasteiger partial charge in [-0.1, -0.05) is 12.1 Å². The van der Waals surface area contributed by atoms with Crippen molar-refractivity contribution >= 4 is 27.8 Å². The second-order valence-corrected chi connectivity index (χ2v) is 8.13. The molecule has 1 aliphatic rings. The molecule has 1 heterocycles. The van der Waals surface area contributed by atoms with Crippen molar-refractivity contribution in [3.05, 3.63) is 41.7 Å². The van der Waals surface area contributed by atoms with Crippen LogP contribution in [0.2, 0.25) is 0 Å². The predicted octanol–water partition coefficient (Wildman–Crippen LogP) is 1.08. The van der Waals surface area contributed by atoms with Gasteiger partial charge in [0.15, 0.2) is 16.4 Å². The van der Waals surface area contributed by atoms with Crippen LogP contribution in [0.3, 0.4) is 0 Å². The molecule has 1 aliphatic heterocycles. The molecule has 1 aromatic carbocycles. The summed E-state index contributed by atoms with van der Waals surface area (Å²) in [6.07, 6.45) is 2.78. The Labute approximate surface area is 139 Å². The first-order valence-electron chi connectivity index (χ1n) is 7.29. The molecule has 1 aromatic rings. The number of rotatable bonds is 5. The van der Waals surface area contributed by atoms with Gasteiger partial charge in [-0.3, -0.25) is 4.79 Å². The molecule has 130 valence electrons. The third-order valence-corrected chi connectivity index (χ3v) is 5.45. The lowest BCUT2D eigenvalue weighted by atomic mass is 10.0. The fourth-order valence-electron chi connectivity index (χ4n) is 2.44. The molecular formula is C16H18FNO5S. The molecule has 0 bridgehead atoms. The highest BCUT2D eigenvalue weighted by atomic mass is 32.2. The van der Waals surface area contributed by atoms with Gasteiger partial charge in [0.1, 0.15) is 5.82 Å². The molecule has 1 amide bonds. The normalized spacial score (nSPS) is 22.4. The van der Waals surface area contributed by atoms with Gasteiger partial charge in [-0.15, -0.1) is 0 Å². The Morgan fingerprint density at radius 1 is 1.42 bits per heavy atom. The van der Waals surface area contributed by atoms with E-state index in [0.29, 0.717) is 12.0 Å². The van der Waals surface area contributed by atoms with E-state index in [-0.39, 0.29) is 11.5 Å². The smallest absolute Gasteiger partial charge is 0.331 e. The molecule has 1 atom stereocenters. The SMILES string of the molecule is C[C@]1(NC(=O)COC(=O)/C=C/c2cccc(F)c2)CCS(=O)(=O)C1. The summed E-state index contributed by atoms with van der Waals surface area (Å²) < 4.78 is 40.7. The number of esters is 1. The Hall–Kier alpha value is -2.22. The van der Waals surface area contributed by atoms with Crippen molar-refractivity contribution in [2.45, 2.75) is 18.9 Å². The number of nitrogens with one attached hydrogen (secondary N) is 1. The van der Waals surface area contributed by atoms with Crippen LogP contribution in [0.15, 0.2) is 30.3 Å². The fraction of sp³-hybridized carbons (Fsp3) is 0.375. The molecule has 1 N–H and O–H groups in total. The van der Waals surface area contributed by atoms with E-state index in [2.05, 4.69) is 5.32 Å². The molecule has 1 saturated heterocycles. The summed E-state index contributed by atoms with van der Waals surface area (Å²) in [5, 5.41) is 2.58. The summed E-state index contributed by atoms with van der Waals surface area (Å²) in [6, 6.07) is 5.65. The minimum atomic E-state index is -3.14. The Balaban J connectivity index is 1.80. The van der Waals surface area contributed by atoms with Crippen LogP contribution in [0, 0.1) is 5.82 Å². The van der Waals surface area contributed by atoms with E-state index in [1.165, 1.54) is 24.3 Å². The van der Waals surface area contributed by atoms with Gasteiger partial charge >= 0.3 is 5.97 Å². The number of halogens is 1. The summed E-state index contributed by atoms with van der Waals surface area (Å²) in [4.78, 5) is 23.3. The topological polar surface area (TPSA) is 89.5 Å². The van der Waals surface area contributed by atoms with Crippen molar-refractivity contribution < 1.29 is 27.1 Å². The van der Waals surface area contributed by atoms with Crippen molar-refractivity contribution in [1.29, 1.82) is 0 Å². The van der Waals surface area contributed by atoms with E-state index in [9.17, 15) is 22.4 Å². The van der Waals surface area contributed by atoms with Gasteiger partial charge in [0.2, 0.25) is 0 Å². The number of ether oxygens (including phenoxy) is 1. The number of amides is 1. The summed E-state index contributed by atoms with van der Waals surface area (Å²) in [5.74, 6) is -1.84. The maximum Gasteiger partial charge on any atom is 0.331 e. The Morgan fingerprint density at radius 2 is 2.17 bits per heavy atom. The first-order chi connectivity index (χ1) is 11.2. The van der Waals surface area contributed by atoms with Crippen LogP contribution < -0.4 is 5.32 Å². The quantitative estimate of drug-likeness (QED) is 0.630. The minimum absolute atomic E-state index is 0.0277. The fourth-order valence-corrected chi connectivity index (χ4v) is 4.53. The van der Waals surface area contributed by atoms with E-state index in [1.807, 2.05) is 0 Å². The summed E-state index contributed by atoms with van der Waals surface area (Å²) in [7, 11) is -3.14. The van der Waals surface area contributed by atoms with Crippen LogP contribution in [0.1, 0.15) is 18.9 Å². The van der Waals surface area contributed by atoms with Crippen LogP contribution in [0.5, 0.6) is 0 Å². The lowest BCUT2D eigenvalue weighted by molar-refractivity contribution is -0.144. The van der Waals surface area contributed by atoms with Crippen LogP contribution in [-0.4, -0.2) is 43.9 Å². The molecule has 6 nitrogen and oxygen atoms in total. The molecule has 0 unspecified atom stereocenters. The van der Waals surface area contributed by atoms with Gasteiger partial charge in [-0.25, -0.2) is 17.6 Å². The van der Waals surface area contributed by atoms with Gasteiger partial charge in [0, 0.05) is 6.08 Å². The predicted molar refractivity (Wildman–Crippen MR) is 86.2 cm³/mol. The molecule has 8 heteroatoms. The molecule has 1 fully saturated rings. The molecule has 0 aromatic heterocycles. The minimum Gasteiger partial charge on any atom is -0.452 e. The number of hydrogen-bond acceptors (Lipinski definition) is 5. The summed E-state index contributed by atoms with van der Waals surface area (Å²) in [6.45, 7) is 1.13. The third kappa shape index (κ3) is 5.45. The zero-order valence-electron chi connectivity index (χ0n) is 13.1. The molecule has 0 saturated carbocycles. The molecule has 0 aliphatic carbocycles.